The first-order valence-corrected chi connectivity index (χ1v) is 9.79. The largest absolute Gasteiger partial charge is 0.396 e. The van der Waals surface area contributed by atoms with Gasteiger partial charge in [-0.2, -0.15) is 0 Å². The minimum atomic E-state index is 0.0105. The monoisotopic (exact) mass is 312 g/mol. The van der Waals surface area contributed by atoms with Crippen LogP contribution in [-0.4, -0.2) is 17.5 Å². The Hall–Kier alpha value is -0.370. The molecule has 0 saturated carbocycles. The van der Waals surface area contributed by atoms with Crippen molar-refractivity contribution in [3.8, 4) is 0 Å². The van der Waals surface area contributed by atoms with Gasteiger partial charge in [0.15, 0.2) is 0 Å². The first-order valence-electron chi connectivity index (χ1n) is 9.79. The summed E-state index contributed by atoms with van der Waals surface area (Å²) in [7, 11) is 0. The lowest BCUT2D eigenvalue weighted by molar-refractivity contribution is -0.119. The fraction of sp³-hybridized carbons (Fsp3) is 0.950. The summed E-state index contributed by atoms with van der Waals surface area (Å²) in [6.07, 6.45) is 18.4. The zero-order valence-corrected chi connectivity index (χ0v) is 15.2. The van der Waals surface area contributed by atoms with Gasteiger partial charge < -0.3 is 5.11 Å². The van der Waals surface area contributed by atoms with Crippen LogP contribution in [0.25, 0.3) is 0 Å². The molecule has 1 N–H and O–H groups in total. The number of aliphatic hydroxyl groups excluding tert-OH is 1. The molecule has 2 nitrogen and oxygen atoms in total. The molecule has 0 bridgehead atoms. The van der Waals surface area contributed by atoms with Gasteiger partial charge >= 0.3 is 0 Å². The highest BCUT2D eigenvalue weighted by molar-refractivity contribution is 5.78. The fourth-order valence-corrected chi connectivity index (χ4v) is 2.89. The molecule has 22 heavy (non-hydrogen) atoms. The van der Waals surface area contributed by atoms with E-state index in [1.807, 2.05) is 0 Å². The normalized spacial score (nSPS) is 11.3. The molecule has 0 unspecified atom stereocenters. The van der Waals surface area contributed by atoms with Crippen LogP contribution < -0.4 is 0 Å². The van der Waals surface area contributed by atoms with Crippen molar-refractivity contribution >= 4 is 5.78 Å². The molecule has 132 valence electrons. The Balaban J connectivity index is 3.04. The Morgan fingerprint density at radius 2 is 1.09 bits per heavy atom. The van der Waals surface area contributed by atoms with Gasteiger partial charge in [-0.15, -0.1) is 0 Å². The molecule has 0 aromatic rings. The van der Waals surface area contributed by atoms with Crippen LogP contribution >= 0.6 is 0 Å². The highest BCUT2D eigenvalue weighted by atomic mass is 16.3. The van der Waals surface area contributed by atoms with Crippen molar-refractivity contribution in [3.63, 3.8) is 0 Å². The van der Waals surface area contributed by atoms with E-state index in [-0.39, 0.29) is 12.4 Å². The van der Waals surface area contributed by atoms with E-state index in [0.29, 0.717) is 12.8 Å². The molecule has 0 rings (SSSR count). The van der Waals surface area contributed by atoms with Gasteiger partial charge in [-0.1, -0.05) is 90.9 Å². The quantitative estimate of drug-likeness (QED) is 0.332. The number of unbranched alkanes of at least 4 members (excludes halogenated alkanes) is 11. The molecule has 0 aromatic carbocycles. The maximum atomic E-state index is 11.2. The Morgan fingerprint density at radius 1 is 0.682 bits per heavy atom. The Morgan fingerprint density at radius 3 is 1.50 bits per heavy atom. The molecule has 0 aromatic heterocycles. The van der Waals surface area contributed by atoms with Gasteiger partial charge in [0.05, 0.1) is 0 Å². The number of ketones is 1. The molecule has 0 atom stereocenters. The van der Waals surface area contributed by atoms with Crippen molar-refractivity contribution in [1.82, 2.24) is 0 Å². The van der Waals surface area contributed by atoms with E-state index >= 15 is 0 Å². The van der Waals surface area contributed by atoms with Crippen LogP contribution in [0.1, 0.15) is 110 Å². The second-order valence-corrected chi connectivity index (χ2v) is 7.19. The van der Waals surface area contributed by atoms with Gasteiger partial charge in [0, 0.05) is 19.4 Å². The van der Waals surface area contributed by atoms with Crippen molar-refractivity contribution in [2.24, 2.45) is 5.92 Å². The van der Waals surface area contributed by atoms with Crippen LogP contribution in [-0.2, 0) is 4.79 Å². The Kier molecular flexibility index (Phi) is 16.7. The molecule has 0 amide bonds. The van der Waals surface area contributed by atoms with Gasteiger partial charge in [0.25, 0.3) is 0 Å². The van der Waals surface area contributed by atoms with Crippen LogP contribution in [0.4, 0.5) is 0 Å². The number of carbonyl (C=O) groups is 1. The van der Waals surface area contributed by atoms with Gasteiger partial charge in [0.2, 0.25) is 0 Å². The van der Waals surface area contributed by atoms with Crippen molar-refractivity contribution in [3.05, 3.63) is 0 Å². The lowest BCUT2D eigenvalue weighted by atomic mass is 10.0. The van der Waals surface area contributed by atoms with Gasteiger partial charge in [-0.3, -0.25) is 4.79 Å². The van der Waals surface area contributed by atoms with Gasteiger partial charge in [-0.05, 0) is 12.3 Å². The van der Waals surface area contributed by atoms with Crippen molar-refractivity contribution in [1.29, 1.82) is 0 Å². The Labute approximate surface area is 139 Å². The average Bonchev–Trinajstić information content (AvgIpc) is 2.47. The second-order valence-electron chi connectivity index (χ2n) is 7.19. The van der Waals surface area contributed by atoms with E-state index in [9.17, 15) is 4.79 Å². The van der Waals surface area contributed by atoms with E-state index in [1.165, 1.54) is 77.0 Å². The molecule has 0 fully saturated rings. The molecule has 0 spiro atoms. The van der Waals surface area contributed by atoms with Crippen LogP contribution in [0.5, 0.6) is 0 Å². The summed E-state index contributed by atoms with van der Waals surface area (Å²) >= 11 is 0. The molecule has 2 heteroatoms. The predicted molar refractivity (Wildman–Crippen MR) is 96.2 cm³/mol. The molecule has 0 aliphatic carbocycles. The minimum absolute atomic E-state index is 0.0105. The lowest BCUT2D eigenvalue weighted by Gasteiger charge is -2.05. The van der Waals surface area contributed by atoms with Gasteiger partial charge in [-0.25, -0.2) is 0 Å². The summed E-state index contributed by atoms with van der Waals surface area (Å²) in [5, 5.41) is 8.64. The topological polar surface area (TPSA) is 37.3 Å². The van der Waals surface area contributed by atoms with E-state index in [1.54, 1.807) is 0 Å². The Bertz CT molecular complexity index is 236. The van der Waals surface area contributed by atoms with E-state index < -0.39 is 0 Å². The van der Waals surface area contributed by atoms with E-state index in [0.717, 1.165) is 12.3 Å². The van der Waals surface area contributed by atoms with Crippen molar-refractivity contribution in [2.75, 3.05) is 6.61 Å². The van der Waals surface area contributed by atoms with Crippen LogP contribution in [0.15, 0.2) is 0 Å². The molecular weight excluding hydrogens is 272 g/mol. The van der Waals surface area contributed by atoms with E-state index in [2.05, 4.69) is 13.8 Å². The number of aliphatic hydroxyl groups is 1. The molecule has 0 saturated heterocycles. The number of hydrogen-bond acceptors (Lipinski definition) is 2. The maximum Gasteiger partial charge on any atom is 0.135 e. The summed E-state index contributed by atoms with van der Waals surface area (Å²) in [5.74, 6) is 1.09. The first kappa shape index (κ1) is 21.6. The van der Waals surface area contributed by atoms with Crippen molar-refractivity contribution in [2.45, 2.75) is 110 Å². The second kappa shape index (κ2) is 17.0. The minimum Gasteiger partial charge on any atom is -0.396 e. The molecule has 0 aliphatic heterocycles. The molecular formula is C20H40O2. The van der Waals surface area contributed by atoms with Crippen LogP contribution in [0.2, 0.25) is 0 Å². The third kappa shape index (κ3) is 17.7. The first-order chi connectivity index (χ1) is 10.7. The maximum absolute atomic E-state index is 11.2. The van der Waals surface area contributed by atoms with Crippen molar-refractivity contribution < 1.29 is 9.90 Å². The van der Waals surface area contributed by atoms with E-state index in [4.69, 9.17) is 5.11 Å². The molecule has 0 radical (unpaired) electrons. The lowest BCUT2D eigenvalue weighted by Crippen LogP contribution is -2.00. The summed E-state index contributed by atoms with van der Waals surface area (Å²) in [6, 6.07) is 0. The summed E-state index contributed by atoms with van der Waals surface area (Å²) in [5.41, 5.74) is 0. The van der Waals surface area contributed by atoms with Crippen LogP contribution in [0.3, 0.4) is 0 Å². The van der Waals surface area contributed by atoms with Gasteiger partial charge in [0.1, 0.15) is 5.78 Å². The third-order valence-corrected chi connectivity index (χ3v) is 4.38. The summed E-state index contributed by atoms with van der Waals surface area (Å²) in [6.45, 7) is 4.64. The number of rotatable bonds is 17. The predicted octanol–water partition coefficient (Wildman–Crippen LogP) is 6.06. The highest BCUT2D eigenvalue weighted by Gasteiger charge is 2.00. The number of carbonyl (C=O) groups excluding carboxylic acids is 1. The molecule has 0 aliphatic rings. The highest BCUT2D eigenvalue weighted by Crippen LogP contribution is 2.14. The standard InChI is InChI=1S/C20H40O2/c1-19(2)15-13-11-9-7-5-3-4-6-8-10-12-14-16-20(22)17-18-21/h19,21H,3-18H2,1-2H3. The fourth-order valence-electron chi connectivity index (χ4n) is 2.89. The summed E-state index contributed by atoms with van der Waals surface area (Å²) in [4.78, 5) is 11.2. The summed E-state index contributed by atoms with van der Waals surface area (Å²) < 4.78 is 0. The molecule has 0 heterocycles. The van der Waals surface area contributed by atoms with Crippen LogP contribution in [0, 0.1) is 5.92 Å². The zero-order chi connectivity index (χ0) is 16.5. The average molecular weight is 313 g/mol. The number of Topliss-reactive ketones (excluding diaryl/α,β-unsaturated/α-hetero) is 1. The third-order valence-electron chi connectivity index (χ3n) is 4.38. The smallest absolute Gasteiger partial charge is 0.135 e. The SMILES string of the molecule is CC(C)CCCCCCCCCCCCCCC(=O)CCO. The zero-order valence-electron chi connectivity index (χ0n) is 15.2. The number of hydrogen-bond donors (Lipinski definition) is 1.